The van der Waals surface area contributed by atoms with Crippen LogP contribution in [0.25, 0.3) is 0 Å². The van der Waals surface area contributed by atoms with E-state index >= 15 is 0 Å². The molecule has 0 aliphatic heterocycles. The predicted octanol–water partition coefficient (Wildman–Crippen LogP) is 5.37. The highest BCUT2D eigenvalue weighted by Gasteiger charge is 2.40. The molecule has 328 valence electrons. The lowest BCUT2D eigenvalue weighted by Crippen LogP contribution is -2.55. The zero-order valence-electron chi connectivity index (χ0n) is 34.7. The lowest BCUT2D eigenvalue weighted by atomic mass is 9.78. The molecule has 3 amide bonds. The largest absolute Gasteiger partial charge is 0.465 e. The first-order chi connectivity index (χ1) is 29.7. The van der Waals surface area contributed by atoms with E-state index in [-0.39, 0.29) is 55.6 Å². The van der Waals surface area contributed by atoms with Gasteiger partial charge in [0.1, 0.15) is 30.9 Å². The average Bonchev–Trinajstić information content (AvgIpc) is 3.26. The molecular weight excluding hydrogens is 805 g/mol. The van der Waals surface area contributed by atoms with Gasteiger partial charge in [0.25, 0.3) is 5.91 Å². The highest BCUT2D eigenvalue weighted by Crippen LogP contribution is 2.32. The van der Waals surface area contributed by atoms with Crippen molar-refractivity contribution in [1.82, 2.24) is 16.0 Å². The molecule has 1 aliphatic rings. The molecule has 1 saturated carbocycles. The Morgan fingerprint density at radius 1 is 0.694 bits per heavy atom. The van der Waals surface area contributed by atoms with E-state index in [0.29, 0.717) is 6.07 Å². The molecular formula is C47H51F2N3O10. The topological polar surface area (TPSA) is 186 Å². The molecule has 4 aromatic rings. The number of aliphatic hydroxyl groups excluding tert-OH is 1. The van der Waals surface area contributed by atoms with Gasteiger partial charge in [-0.3, -0.25) is 24.0 Å². The number of esters is 3. The number of hydrogen-bond acceptors (Lipinski definition) is 10. The molecule has 0 radical (unpaired) electrons. The van der Waals surface area contributed by atoms with E-state index in [2.05, 4.69) is 16.0 Å². The summed E-state index contributed by atoms with van der Waals surface area (Å²) in [4.78, 5) is 79.7. The third-order valence-corrected chi connectivity index (χ3v) is 10.5. The Balaban J connectivity index is 1.27. The van der Waals surface area contributed by atoms with Crippen molar-refractivity contribution in [3.8, 4) is 0 Å². The number of methoxy groups -OCH3 is 1. The van der Waals surface area contributed by atoms with Crippen LogP contribution < -0.4 is 16.0 Å². The molecule has 0 heterocycles. The van der Waals surface area contributed by atoms with Crippen LogP contribution in [0.4, 0.5) is 8.78 Å². The summed E-state index contributed by atoms with van der Waals surface area (Å²) in [6, 6.07) is 23.4. The number of nitrogens with one attached hydrogen (secondary N) is 3. The second-order valence-electron chi connectivity index (χ2n) is 15.7. The Morgan fingerprint density at radius 3 is 1.77 bits per heavy atom. The molecule has 0 aromatic heterocycles. The van der Waals surface area contributed by atoms with E-state index in [1.165, 1.54) is 31.4 Å². The van der Waals surface area contributed by atoms with Gasteiger partial charge >= 0.3 is 17.9 Å². The maximum atomic E-state index is 14.2. The van der Waals surface area contributed by atoms with E-state index in [4.69, 9.17) is 14.2 Å². The number of aliphatic hydroxyl groups is 1. The molecule has 13 nitrogen and oxygen atoms in total. The fourth-order valence-electron chi connectivity index (χ4n) is 7.33. The normalized spacial score (nSPS) is 17.4. The minimum absolute atomic E-state index is 0.0117. The van der Waals surface area contributed by atoms with Crippen molar-refractivity contribution in [3.63, 3.8) is 0 Å². The van der Waals surface area contributed by atoms with Crippen LogP contribution in [0.5, 0.6) is 0 Å². The van der Waals surface area contributed by atoms with Crippen molar-refractivity contribution in [2.24, 2.45) is 17.8 Å². The molecule has 2 unspecified atom stereocenters. The number of amides is 3. The number of hydrogen-bond donors (Lipinski definition) is 4. The van der Waals surface area contributed by atoms with Crippen molar-refractivity contribution in [1.29, 1.82) is 0 Å². The number of halogens is 2. The zero-order valence-corrected chi connectivity index (χ0v) is 34.7. The van der Waals surface area contributed by atoms with Crippen molar-refractivity contribution in [2.45, 2.75) is 83.4 Å². The first kappa shape index (κ1) is 46.6. The minimum Gasteiger partial charge on any atom is -0.465 e. The second-order valence-corrected chi connectivity index (χ2v) is 15.7. The minimum atomic E-state index is -1.63. The first-order valence-electron chi connectivity index (χ1n) is 20.3. The van der Waals surface area contributed by atoms with Crippen LogP contribution in [0, 0.1) is 29.4 Å². The first-order valence-corrected chi connectivity index (χ1v) is 20.3. The third kappa shape index (κ3) is 13.8. The molecule has 0 spiro atoms. The summed E-state index contributed by atoms with van der Waals surface area (Å²) >= 11 is 0. The molecule has 4 N–H and O–H groups in total. The molecule has 4 aromatic carbocycles. The quantitative estimate of drug-likeness (QED) is 0.0749. The predicted molar refractivity (Wildman–Crippen MR) is 222 cm³/mol. The van der Waals surface area contributed by atoms with Gasteiger partial charge in [-0.2, -0.15) is 0 Å². The van der Waals surface area contributed by atoms with Crippen molar-refractivity contribution in [3.05, 3.63) is 143 Å². The summed E-state index contributed by atoms with van der Waals surface area (Å²) in [6.07, 6.45) is -2.12. The van der Waals surface area contributed by atoms with Crippen molar-refractivity contribution < 1.29 is 56.9 Å². The van der Waals surface area contributed by atoms with E-state index in [9.17, 15) is 42.7 Å². The van der Waals surface area contributed by atoms with Gasteiger partial charge in [0.2, 0.25) is 11.8 Å². The molecule has 15 heteroatoms. The van der Waals surface area contributed by atoms with Crippen LogP contribution in [0.15, 0.2) is 103 Å². The fraction of sp³-hybridized carbons (Fsp3) is 0.362. The number of ether oxygens (including phenoxy) is 3. The summed E-state index contributed by atoms with van der Waals surface area (Å²) in [5, 5.41) is 19.5. The Labute approximate surface area is 358 Å². The molecule has 62 heavy (non-hydrogen) atoms. The zero-order chi connectivity index (χ0) is 44.8. The lowest BCUT2D eigenvalue weighted by Gasteiger charge is -2.34. The van der Waals surface area contributed by atoms with Gasteiger partial charge in [0.05, 0.1) is 43.1 Å². The maximum Gasteiger partial charge on any atom is 0.337 e. The molecule has 1 aliphatic carbocycles. The van der Waals surface area contributed by atoms with Gasteiger partial charge < -0.3 is 35.3 Å². The molecule has 1 fully saturated rings. The van der Waals surface area contributed by atoms with E-state index in [0.717, 1.165) is 23.3 Å². The summed E-state index contributed by atoms with van der Waals surface area (Å²) < 4.78 is 44.3. The molecule has 0 bridgehead atoms. The third-order valence-electron chi connectivity index (χ3n) is 10.5. The summed E-state index contributed by atoms with van der Waals surface area (Å²) in [7, 11) is 1.18. The summed E-state index contributed by atoms with van der Waals surface area (Å²) in [6.45, 7) is 3.43. The Morgan fingerprint density at radius 2 is 1.24 bits per heavy atom. The van der Waals surface area contributed by atoms with Crippen LogP contribution >= 0.6 is 0 Å². The molecule has 6 atom stereocenters. The summed E-state index contributed by atoms with van der Waals surface area (Å²) in [5.74, 6) is -7.67. The maximum absolute atomic E-state index is 14.2. The van der Waals surface area contributed by atoms with Gasteiger partial charge in [-0.05, 0) is 78.6 Å². The number of benzene rings is 4. The highest BCUT2D eigenvalue weighted by molar-refractivity contribution is 5.98. The smallest absolute Gasteiger partial charge is 0.337 e. The highest BCUT2D eigenvalue weighted by atomic mass is 19.1. The van der Waals surface area contributed by atoms with Crippen LogP contribution in [-0.2, 0) is 53.0 Å². The second kappa shape index (κ2) is 22.4. The van der Waals surface area contributed by atoms with Crippen molar-refractivity contribution >= 4 is 35.6 Å². The Hall–Kier alpha value is -6.48. The van der Waals surface area contributed by atoms with Gasteiger partial charge in [0, 0.05) is 17.7 Å². The molecule has 0 saturated heterocycles. The van der Waals surface area contributed by atoms with E-state index < -0.39 is 95.7 Å². The van der Waals surface area contributed by atoms with Crippen molar-refractivity contribution in [2.75, 3.05) is 7.11 Å². The standard InChI is InChI=1S/C47H51F2N3O10/c1-28(2)42(52-41(54)25-40(53)39(19-31-17-36(48)24-37(49)18-31)51-43(55)32-15-10-16-33(20-32)45(57)60-3)44(56)50-38-22-34(46(58)61-26-29-11-6-4-7-12-29)21-35(23-38)47(59)62-27-30-13-8-5-9-14-30/h4-18,20,24,28,34-35,38-40,42,53H,19,21-23,25-27H2,1-3H3,(H,50,56)(H,51,55)(H,52,54)/t34-,35?,38?,39-,40-,42-/m0/s1. The van der Waals surface area contributed by atoms with E-state index in [1.807, 2.05) is 60.7 Å². The number of carbonyl (C=O) groups is 6. The van der Waals surface area contributed by atoms with Crippen LogP contribution in [-0.4, -0.2) is 72.1 Å². The summed E-state index contributed by atoms with van der Waals surface area (Å²) in [5.41, 5.74) is 1.72. The fourth-order valence-corrected chi connectivity index (χ4v) is 7.33. The number of rotatable bonds is 18. The lowest BCUT2D eigenvalue weighted by molar-refractivity contribution is -0.157. The van der Waals surface area contributed by atoms with E-state index in [1.54, 1.807) is 13.8 Å². The Kier molecular flexibility index (Phi) is 16.8. The van der Waals surface area contributed by atoms with Gasteiger partial charge in [-0.25, -0.2) is 13.6 Å². The van der Waals surface area contributed by atoms with Crippen LogP contribution in [0.1, 0.15) is 76.9 Å². The van der Waals surface area contributed by atoms with Gasteiger partial charge in [-0.1, -0.05) is 80.6 Å². The molecule has 5 rings (SSSR count). The van der Waals surface area contributed by atoms with Gasteiger partial charge in [0.15, 0.2) is 0 Å². The van der Waals surface area contributed by atoms with Crippen LogP contribution in [0.3, 0.4) is 0 Å². The average molecular weight is 856 g/mol. The van der Waals surface area contributed by atoms with Crippen LogP contribution in [0.2, 0.25) is 0 Å². The van der Waals surface area contributed by atoms with Gasteiger partial charge in [-0.15, -0.1) is 0 Å². The SMILES string of the molecule is COC(=O)c1cccc(C(=O)N[C@@H](Cc2cc(F)cc(F)c2)[C@@H](O)CC(=O)N[C@H](C(=O)NC2CC(C(=O)OCc3ccccc3)C[C@H](C(=O)OCc3ccccc3)C2)C(C)C)c1. The number of carbonyl (C=O) groups excluding carboxylic acids is 6. The monoisotopic (exact) mass is 855 g/mol. The Bertz CT molecular complexity index is 2110.